The predicted molar refractivity (Wildman–Crippen MR) is 131 cm³/mol. The number of rotatable bonds is 4. The highest BCUT2D eigenvalue weighted by Crippen LogP contribution is 2.34. The fourth-order valence-corrected chi connectivity index (χ4v) is 4.89. The molecule has 35 heavy (non-hydrogen) atoms. The molecule has 0 radical (unpaired) electrons. The number of aromatic amines is 2. The number of morpholine rings is 2. The summed E-state index contributed by atoms with van der Waals surface area (Å²) >= 11 is 0. The fourth-order valence-electron chi connectivity index (χ4n) is 4.89. The second kappa shape index (κ2) is 8.51. The highest BCUT2D eigenvalue weighted by atomic mass is 16.5. The molecule has 4 aromatic rings. The first-order chi connectivity index (χ1) is 17.0. The summed E-state index contributed by atoms with van der Waals surface area (Å²) in [6.45, 7) is 8.08. The highest BCUT2D eigenvalue weighted by molar-refractivity contribution is 6.01. The van der Waals surface area contributed by atoms with Gasteiger partial charge in [0.15, 0.2) is 11.5 Å². The van der Waals surface area contributed by atoms with Gasteiger partial charge in [-0.3, -0.25) is 0 Å². The van der Waals surface area contributed by atoms with Crippen molar-refractivity contribution in [1.82, 2.24) is 24.9 Å². The van der Waals surface area contributed by atoms with Crippen LogP contribution in [0.4, 0.5) is 11.8 Å². The van der Waals surface area contributed by atoms with Crippen molar-refractivity contribution in [2.75, 3.05) is 49.3 Å². The van der Waals surface area contributed by atoms with Crippen molar-refractivity contribution in [3.05, 3.63) is 30.0 Å². The van der Waals surface area contributed by atoms with Crippen molar-refractivity contribution in [2.24, 2.45) is 0 Å². The molecule has 11 nitrogen and oxygen atoms in total. The van der Waals surface area contributed by atoms with Crippen LogP contribution in [0.2, 0.25) is 0 Å². The van der Waals surface area contributed by atoms with Gasteiger partial charge >= 0.3 is 5.97 Å². The van der Waals surface area contributed by atoms with Gasteiger partial charge in [0.05, 0.1) is 44.1 Å². The summed E-state index contributed by atoms with van der Waals surface area (Å²) in [6, 6.07) is 5.46. The standard InChI is InChI=1S/C24H27N7O4/c1-13-11-34-7-5-30(13)22-19-21(28-24(29-22)31-6-8-35-12-14(31)2)27-20(26-19)17-9-15(23(32)33)10-18-16(17)3-4-25-18/h3-4,9-10,13-14,25H,5-8,11-12H2,1-2H3,(H,32,33)(H,26,27,28,29)/t13-,14-/m1/s1. The number of carboxylic acid groups (broad SMARTS) is 1. The van der Waals surface area contributed by atoms with E-state index in [-0.39, 0.29) is 17.6 Å². The minimum Gasteiger partial charge on any atom is -0.478 e. The van der Waals surface area contributed by atoms with Crippen LogP contribution in [0.5, 0.6) is 0 Å². The summed E-state index contributed by atoms with van der Waals surface area (Å²) in [6.07, 6.45) is 1.79. The molecule has 0 bridgehead atoms. The van der Waals surface area contributed by atoms with Gasteiger partial charge in [-0.1, -0.05) is 0 Å². The fraction of sp³-hybridized carbons (Fsp3) is 0.417. The lowest BCUT2D eigenvalue weighted by atomic mass is 10.1. The number of nitrogens with zero attached hydrogens (tertiary/aromatic N) is 5. The molecule has 2 atom stereocenters. The first kappa shape index (κ1) is 21.8. The number of fused-ring (bicyclic) bond motifs is 2. The van der Waals surface area contributed by atoms with Crippen molar-refractivity contribution >= 4 is 39.8 Å². The van der Waals surface area contributed by atoms with E-state index in [1.807, 2.05) is 6.07 Å². The smallest absolute Gasteiger partial charge is 0.335 e. The minimum absolute atomic E-state index is 0.135. The molecule has 3 N–H and O–H groups in total. The quantitative estimate of drug-likeness (QED) is 0.406. The maximum atomic E-state index is 11.8. The number of anilines is 2. The maximum absolute atomic E-state index is 11.8. The highest BCUT2D eigenvalue weighted by Gasteiger charge is 2.29. The van der Waals surface area contributed by atoms with Gasteiger partial charge in [-0.2, -0.15) is 9.97 Å². The molecule has 6 rings (SSSR count). The average Bonchev–Trinajstić information content (AvgIpc) is 3.50. The maximum Gasteiger partial charge on any atom is 0.335 e. The zero-order chi connectivity index (χ0) is 24.1. The number of aromatic nitrogens is 5. The number of ether oxygens (including phenoxy) is 2. The molecular weight excluding hydrogens is 450 g/mol. The SMILES string of the molecule is C[C@@H]1COCCN1c1nc(N2CCOC[C@H]2C)c2[nH]c(-c3cc(C(=O)O)cc4[nH]ccc34)nc2n1. The molecule has 11 heteroatoms. The Morgan fingerprint density at radius 1 is 1.06 bits per heavy atom. The van der Waals surface area contributed by atoms with Gasteiger partial charge in [0, 0.05) is 35.8 Å². The van der Waals surface area contributed by atoms with E-state index in [0.29, 0.717) is 62.5 Å². The molecule has 0 saturated carbocycles. The molecule has 182 valence electrons. The van der Waals surface area contributed by atoms with Crippen LogP contribution in [0.15, 0.2) is 24.4 Å². The summed E-state index contributed by atoms with van der Waals surface area (Å²) in [5.74, 6) is 0.950. The number of benzene rings is 1. The van der Waals surface area contributed by atoms with Gasteiger partial charge in [0.1, 0.15) is 11.3 Å². The van der Waals surface area contributed by atoms with E-state index in [2.05, 4.69) is 33.6 Å². The topological polar surface area (TPSA) is 132 Å². The lowest BCUT2D eigenvalue weighted by Crippen LogP contribution is -2.46. The summed E-state index contributed by atoms with van der Waals surface area (Å²) in [4.78, 5) is 37.4. The monoisotopic (exact) mass is 477 g/mol. The Hall–Kier alpha value is -3.70. The predicted octanol–water partition coefficient (Wildman–Crippen LogP) is 2.65. The Balaban J connectivity index is 1.55. The number of imidazole rings is 1. The largest absolute Gasteiger partial charge is 0.478 e. The normalized spacial score (nSPS) is 21.2. The van der Waals surface area contributed by atoms with E-state index in [4.69, 9.17) is 24.4 Å². The molecule has 2 fully saturated rings. The Kier molecular flexibility index (Phi) is 5.30. The molecular formula is C24H27N7O4. The third kappa shape index (κ3) is 3.76. The van der Waals surface area contributed by atoms with E-state index in [0.717, 1.165) is 22.2 Å². The van der Waals surface area contributed by atoms with E-state index in [1.54, 1.807) is 18.3 Å². The van der Waals surface area contributed by atoms with Crippen LogP contribution < -0.4 is 9.80 Å². The van der Waals surface area contributed by atoms with Crippen LogP contribution in [-0.2, 0) is 9.47 Å². The molecule has 0 amide bonds. The van der Waals surface area contributed by atoms with Crippen LogP contribution in [0, 0.1) is 0 Å². The lowest BCUT2D eigenvalue weighted by molar-refractivity contribution is 0.0697. The lowest BCUT2D eigenvalue weighted by Gasteiger charge is -2.36. The second-order valence-electron chi connectivity index (χ2n) is 9.13. The average molecular weight is 478 g/mol. The zero-order valence-corrected chi connectivity index (χ0v) is 19.6. The molecule has 2 saturated heterocycles. The Morgan fingerprint density at radius 2 is 1.80 bits per heavy atom. The molecule has 2 aliphatic rings. The van der Waals surface area contributed by atoms with Gasteiger partial charge in [-0.15, -0.1) is 0 Å². The minimum atomic E-state index is -0.995. The first-order valence-corrected chi connectivity index (χ1v) is 11.8. The van der Waals surface area contributed by atoms with E-state index in [1.165, 1.54) is 0 Å². The zero-order valence-electron chi connectivity index (χ0n) is 19.6. The molecule has 0 spiro atoms. The molecule has 3 aromatic heterocycles. The van der Waals surface area contributed by atoms with E-state index < -0.39 is 5.97 Å². The van der Waals surface area contributed by atoms with Gasteiger partial charge in [0.2, 0.25) is 5.95 Å². The van der Waals surface area contributed by atoms with E-state index in [9.17, 15) is 9.90 Å². The van der Waals surface area contributed by atoms with Crippen LogP contribution in [0.3, 0.4) is 0 Å². The number of carbonyl (C=O) groups is 1. The third-order valence-corrected chi connectivity index (χ3v) is 6.76. The van der Waals surface area contributed by atoms with Crippen LogP contribution in [-0.4, -0.2) is 87.6 Å². The van der Waals surface area contributed by atoms with Crippen molar-refractivity contribution in [1.29, 1.82) is 0 Å². The van der Waals surface area contributed by atoms with Crippen LogP contribution >= 0.6 is 0 Å². The molecule has 2 aliphatic heterocycles. The summed E-state index contributed by atoms with van der Waals surface area (Å²) in [7, 11) is 0. The summed E-state index contributed by atoms with van der Waals surface area (Å²) < 4.78 is 11.3. The van der Waals surface area contributed by atoms with Crippen molar-refractivity contribution in [3.8, 4) is 11.4 Å². The first-order valence-electron chi connectivity index (χ1n) is 11.8. The number of aromatic carboxylic acids is 1. The Labute approximate surface area is 201 Å². The molecule has 0 aliphatic carbocycles. The number of H-pyrrole nitrogens is 2. The van der Waals surface area contributed by atoms with Crippen LogP contribution in [0.1, 0.15) is 24.2 Å². The molecule has 1 aromatic carbocycles. The van der Waals surface area contributed by atoms with Gasteiger partial charge in [0.25, 0.3) is 0 Å². The number of carboxylic acids is 1. The Morgan fingerprint density at radius 3 is 2.51 bits per heavy atom. The molecule has 5 heterocycles. The van der Waals surface area contributed by atoms with Gasteiger partial charge in [-0.25, -0.2) is 9.78 Å². The van der Waals surface area contributed by atoms with Crippen LogP contribution in [0.25, 0.3) is 33.5 Å². The number of nitrogens with one attached hydrogen (secondary N) is 2. The number of hydrogen-bond donors (Lipinski definition) is 3. The van der Waals surface area contributed by atoms with Gasteiger partial charge < -0.3 is 34.3 Å². The third-order valence-electron chi connectivity index (χ3n) is 6.76. The van der Waals surface area contributed by atoms with E-state index >= 15 is 0 Å². The van der Waals surface area contributed by atoms with Crippen molar-refractivity contribution < 1.29 is 19.4 Å². The molecule has 0 unspecified atom stereocenters. The Bertz CT molecular complexity index is 1410. The second-order valence-corrected chi connectivity index (χ2v) is 9.13. The number of hydrogen-bond acceptors (Lipinski definition) is 8. The summed E-state index contributed by atoms with van der Waals surface area (Å²) in [5, 5.41) is 10.5. The van der Waals surface area contributed by atoms with Gasteiger partial charge in [-0.05, 0) is 32.0 Å². The van der Waals surface area contributed by atoms with Crippen molar-refractivity contribution in [3.63, 3.8) is 0 Å². The summed E-state index contributed by atoms with van der Waals surface area (Å²) in [5.41, 5.74) is 2.88. The van der Waals surface area contributed by atoms with Crippen molar-refractivity contribution in [2.45, 2.75) is 25.9 Å².